The van der Waals surface area contributed by atoms with Crippen LogP contribution in [0.1, 0.15) is 42.9 Å². The zero-order valence-corrected chi connectivity index (χ0v) is 15.2. The number of halogens is 2. The van der Waals surface area contributed by atoms with E-state index in [1.807, 2.05) is 0 Å². The molecule has 3 heteroatoms. The first-order valence-corrected chi connectivity index (χ1v) is 8.97. The molecule has 0 aromatic heterocycles. The Labute approximate surface area is 143 Å². The van der Waals surface area contributed by atoms with Gasteiger partial charge in [-0.15, -0.1) is 0 Å². The summed E-state index contributed by atoms with van der Waals surface area (Å²) in [5, 5.41) is 3.74. The second-order valence-electron chi connectivity index (χ2n) is 5.86. The highest BCUT2D eigenvalue weighted by atomic mass is 79.9. The van der Waals surface area contributed by atoms with Crippen LogP contribution < -0.4 is 5.32 Å². The van der Waals surface area contributed by atoms with Crippen LogP contribution in [0.25, 0.3) is 0 Å². The van der Waals surface area contributed by atoms with Crippen LogP contribution in [0, 0.1) is 0 Å². The first-order valence-electron chi connectivity index (χ1n) is 7.39. The van der Waals surface area contributed by atoms with E-state index in [-0.39, 0.29) is 0 Å². The van der Waals surface area contributed by atoms with Crippen LogP contribution in [-0.2, 0) is 0 Å². The summed E-state index contributed by atoms with van der Waals surface area (Å²) in [5.41, 5.74) is 2.82. The molecule has 1 fully saturated rings. The van der Waals surface area contributed by atoms with E-state index in [0.29, 0.717) is 18.0 Å². The van der Waals surface area contributed by atoms with Crippen LogP contribution in [-0.4, -0.2) is 6.04 Å². The minimum atomic E-state index is 0.411. The van der Waals surface area contributed by atoms with Gasteiger partial charge in [0.1, 0.15) is 0 Å². The van der Waals surface area contributed by atoms with Gasteiger partial charge in [-0.3, -0.25) is 0 Å². The third-order valence-electron chi connectivity index (χ3n) is 4.34. The van der Waals surface area contributed by atoms with Crippen molar-refractivity contribution in [2.24, 2.45) is 0 Å². The van der Waals surface area contributed by atoms with E-state index in [1.165, 1.54) is 24.0 Å². The van der Waals surface area contributed by atoms with Crippen LogP contribution >= 0.6 is 31.9 Å². The fourth-order valence-electron chi connectivity index (χ4n) is 2.96. The summed E-state index contributed by atoms with van der Waals surface area (Å²) in [7, 11) is 0. The van der Waals surface area contributed by atoms with Crippen molar-refractivity contribution in [2.45, 2.75) is 37.8 Å². The number of hydrogen-bond donors (Lipinski definition) is 1. The Bertz CT molecular complexity index is 586. The SMILES string of the molecule is CC(NC1CC(c2ccc(Br)cc2)C1)c1ccc(Br)cc1. The quantitative estimate of drug-likeness (QED) is 0.673. The molecule has 21 heavy (non-hydrogen) atoms. The molecule has 0 heterocycles. The highest BCUT2D eigenvalue weighted by molar-refractivity contribution is 9.10. The van der Waals surface area contributed by atoms with Gasteiger partial charge in [0.2, 0.25) is 0 Å². The normalized spacial score (nSPS) is 22.6. The van der Waals surface area contributed by atoms with Crippen molar-refractivity contribution in [3.05, 3.63) is 68.6 Å². The van der Waals surface area contributed by atoms with Gasteiger partial charge in [0.15, 0.2) is 0 Å². The third-order valence-corrected chi connectivity index (χ3v) is 5.39. The Balaban J connectivity index is 1.52. The van der Waals surface area contributed by atoms with Gasteiger partial charge in [0.05, 0.1) is 0 Å². The lowest BCUT2D eigenvalue weighted by atomic mass is 9.75. The van der Waals surface area contributed by atoms with E-state index >= 15 is 0 Å². The van der Waals surface area contributed by atoms with Crippen molar-refractivity contribution >= 4 is 31.9 Å². The van der Waals surface area contributed by atoms with Crippen molar-refractivity contribution in [3.8, 4) is 0 Å². The van der Waals surface area contributed by atoms with Crippen molar-refractivity contribution < 1.29 is 0 Å². The number of benzene rings is 2. The fourth-order valence-corrected chi connectivity index (χ4v) is 3.49. The molecule has 110 valence electrons. The fraction of sp³-hybridized carbons (Fsp3) is 0.333. The Morgan fingerprint density at radius 1 is 0.905 bits per heavy atom. The average molecular weight is 409 g/mol. The van der Waals surface area contributed by atoms with Gasteiger partial charge >= 0.3 is 0 Å². The third kappa shape index (κ3) is 3.77. The maximum Gasteiger partial charge on any atom is 0.0294 e. The van der Waals surface area contributed by atoms with Gasteiger partial charge in [-0.25, -0.2) is 0 Å². The number of hydrogen-bond acceptors (Lipinski definition) is 1. The molecule has 1 saturated carbocycles. The molecular weight excluding hydrogens is 390 g/mol. The highest BCUT2D eigenvalue weighted by Gasteiger charge is 2.30. The van der Waals surface area contributed by atoms with Crippen molar-refractivity contribution in [1.82, 2.24) is 5.32 Å². The Kier molecular flexibility index (Phi) is 4.82. The summed E-state index contributed by atoms with van der Waals surface area (Å²) in [6, 6.07) is 18.4. The summed E-state index contributed by atoms with van der Waals surface area (Å²) in [6.07, 6.45) is 2.48. The summed E-state index contributed by atoms with van der Waals surface area (Å²) in [6.45, 7) is 2.25. The first kappa shape index (κ1) is 15.3. The molecule has 0 aliphatic heterocycles. The van der Waals surface area contributed by atoms with E-state index in [9.17, 15) is 0 Å². The lowest BCUT2D eigenvalue weighted by Crippen LogP contribution is -2.41. The standard InChI is InChI=1S/C18H19Br2N/c1-12(13-2-6-16(19)7-3-13)21-18-10-15(11-18)14-4-8-17(20)9-5-14/h2-9,12,15,18,21H,10-11H2,1H3. The zero-order valence-electron chi connectivity index (χ0n) is 12.0. The average Bonchev–Trinajstić information content (AvgIpc) is 2.44. The zero-order chi connectivity index (χ0) is 14.8. The van der Waals surface area contributed by atoms with Gasteiger partial charge in [0, 0.05) is 21.0 Å². The summed E-state index contributed by atoms with van der Waals surface area (Å²) in [4.78, 5) is 0. The maximum absolute atomic E-state index is 3.74. The Hall–Kier alpha value is -0.640. The molecule has 0 bridgehead atoms. The predicted molar refractivity (Wildman–Crippen MR) is 95.6 cm³/mol. The molecule has 2 aromatic carbocycles. The number of nitrogens with one attached hydrogen (secondary N) is 1. The summed E-state index contributed by atoms with van der Waals surface area (Å²) < 4.78 is 2.29. The molecule has 0 saturated heterocycles. The largest absolute Gasteiger partial charge is 0.307 e. The molecule has 0 spiro atoms. The molecule has 1 N–H and O–H groups in total. The maximum atomic E-state index is 3.74. The van der Waals surface area contributed by atoms with E-state index in [1.54, 1.807) is 0 Å². The van der Waals surface area contributed by atoms with E-state index in [4.69, 9.17) is 0 Å². The van der Waals surface area contributed by atoms with Crippen molar-refractivity contribution in [3.63, 3.8) is 0 Å². The molecule has 1 aliphatic carbocycles. The second kappa shape index (κ2) is 6.64. The summed E-state index contributed by atoms with van der Waals surface area (Å²) in [5.74, 6) is 0.715. The van der Waals surface area contributed by atoms with Gasteiger partial charge in [-0.05, 0) is 61.1 Å². The molecule has 3 rings (SSSR count). The van der Waals surface area contributed by atoms with Gasteiger partial charge in [-0.1, -0.05) is 56.1 Å². The van der Waals surface area contributed by atoms with Crippen LogP contribution in [0.15, 0.2) is 57.5 Å². The van der Waals surface area contributed by atoms with Gasteiger partial charge in [-0.2, -0.15) is 0 Å². The molecule has 2 aromatic rings. The van der Waals surface area contributed by atoms with Crippen LogP contribution in [0.3, 0.4) is 0 Å². The van der Waals surface area contributed by atoms with Gasteiger partial charge < -0.3 is 5.32 Å². The lowest BCUT2D eigenvalue weighted by Gasteiger charge is -2.38. The number of rotatable bonds is 4. The van der Waals surface area contributed by atoms with Crippen molar-refractivity contribution in [2.75, 3.05) is 0 Å². The summed E-state index contributed by atoms with van der Waals surface area (Å²) >= 11 is 6.98. The molecule has 1 nitrogen and oxygen atoms in total. The second-order valence-corrected chi connectivity index (χ2v) is 7.69. The Morgan fingerprint density at radius 3 is 2.00 bits per heavy atom. The smallest absolute Gasteiger partial charge is 0.0294 e. The molecule has 1 atom stereocenters. The van der Waals surface area contributed by atoms with Crippen LogP contribution in [0.4, 0.5) is 0 Å². The van der Waals surface area contributed by atoms with Gasteiger partial charge in [0.25, 0.3) is 0 Å². The molecule has 1 aliphatic rings. The first-order chi connectivity index (χ1) is 10.1. The van der Waals surface area contributed by atoms with E-state index in [2.05, 4.69) is 92.6 Å². The highest BCUT2D eigenvalue weighted by Crippen LogP contribution is 2.38. The Morgan fingerprint density at radius 2 is 1.43 bits per heavy atom. The minimum absolute atomic E-state index is 0.411. The predicted octanol–water partition coefficient (Wildman–Crippen LogP) is 5.81. The monoisotopic (exact) mass is 407 g/mol. The molecule has 0 radical (unpaired) electrons. The van der Waals surface area contributed by atoms with Crippen LogP contribution in [0.2, 0.25) is 0 Å². The van der Waals surface area contributed by atoms with Crippen LogP contribution in [0.5, 0.6) is 0 Å². The molecular formula is C18H19Br2N. The minimum Gasteiger partial charge on any atom is -0.307 e. The van der Waals surface area contributed by atoms with E-state index in [0.717, 1.165) is 8.95 Å². The lowest BCUT2D eigenvalue weighted by molar-refractivity contribution is 0.271. The molecule has 1 unspecified atom stereocenters. The van der Waals surface area contributed by atoms with Crippen molar-refractivity contribution in [1.29, 1.82) is 0 Å². The topological polar surface area (TPSA) is 12.0 Å². The van der Waals surface area contributed by atoms with E-state index < -0.39 is 0 Å². The molecule has 0 amide bonds.